The number of pyridine rings is 1. The van der Waals surface area contributed by atoms with Gasteiger partial charge in [0.1, 0.15) is 5.82 Å². The number of halogens is 2. The number of hydrogen-bond donors (Lipinski definition) is 1. The predicted molar refractivity (Wildman–Crippen MR) is 111 cm³/mol. The fourth-order valence-electron chi connectivity index (χ4n) is 2.66. The lowest BCUT2D eigenvalue weighted by molar-refractivity contribution is 0.00578. The van der Waals surface area contributed by atoms with E-state index in [0.29, 0.717) is 17.2 Å². The van der Waals surface area contributed by atoms with Crippen molar-refractivity contribution in [1.82, 2.24) is 4.98 Å². The van der Waals surface area contributed by atoms with E-state index in [0.717, 1.165) is 6.07 Å². The molecular formula is C19H23BF2N2O4S. The molecule has 1 aromatic carbocycles. The van der Waals surface area contributed by atoms with Crippen LogP contribution in [0.4, 0.5) is 14.5 Å². The van der Waals surface area contributed by atoms with Crippen LogP contribution in [0.15, 0.2) is 30.5 Å². The number of benzene rings is 1. The van der Waals surface area contributed by atoms with E-state index >= 15 is 0 Å². The molecule has 1 fully saturated rings. The zero-order valence-electron chi connectivity index (χ0n) is 16.9. The highest BCUT2D eigenvalue weighted by molar-refractivity contribution is 8.00. The van der Waals surface area contributed by atoms with Crippen LogP contribution in [-0.4, -0.2) is 39.6 Å². The molecule has 1 N–H and O–H groups in total. The molecule has 29 heavy (non-hydrogen) atoms. The summed E-state index contributed by atoms with van der Waals surface area (Å²) in [4.78, 5) is 4.20. The summed E-state index contributed by atoms with van der Waals surface area (Å²) in [7, 11) is -3.43. The molecule has 0 aliphatic carbocycles. The van der Waals surface area contributed by atoms with Gasteiger partial charge in [0, 0.05) is 27.5 Å². The third-order valence-electron chi connectivity index (χ3n) is 4.82. The molecule has 0 saturated carbocycles. The standard InChI is InChI=1S/C19H23BF2N2O4S/c1-18(2)19(3,4)28-20(27-18)14-10-13(24-29(5,6)25)11-23-17(14)26-16-8-7-12(21)9-15(16)22/h7-11H,5H2,1-4,6H3,(H,24,25). The van der Waals surface area contributed by atoms with E-state index in [1.165, 1.54) is 18.5 Å². The van der Waals surface area contributed by atoms with Crippen LogP contribution in [0.25, 0.3) is 0 Å². The van der Waals surface area contributed by atoms with Crippen LogP contribution in [0.2, 0.25) is 0 Å². The first-order valence-electron chi connectivity index (χ1n) is 8.86. The fraction of sp³-hybridized carbons (Fsp3) is 0.368. The predicted octanol–water partition coefficient (Wildman–Crippen LogP) is 3.12. The second-order valence-corrected chi connectivity index (χ2v) is 10.2. The highest BCUT2D eigenvalue weighted by Crippen LogP contribution is 2.37. The van der Waals surface area contributed by atoms with Crippen LogP contribution < -0.4 is 14.9 Å². The van der Waals surface area contributed by atoms with Crippen molar-refractivity contribution in [2.75, 3.05) is 11.0 Å². The van der Waals surface area contributed by atoms with Gasteiger partial charge in [-0.3, -0.25) is 0 Å². The van der Waals surface area contributed by atoms with Crippen LogP contribution in [0.1, 0.15) is 27.7 Å². The zero-order valence-corrected chi connectivity index (χ0v) is 17.7. The molecule has 0 bridgehead atoms. The monoisotopic (exact) mass is 424 g/mol. The molecular weight excluding hydrogens is 401 g/mol. The molecule has 156 valence electrons. The van der Waals surface area contributed by atoms with Gasteiger partial charge in [-0.1, -0.05) is 0 Å². The normalized spacial score (nSPS) is 19.6. The van der Waals surface area contributed by atoms with E-state index in [4.69, 9.17) is 14.0 Å². The molecule has 1 aliphatic rings. The Labute approximate surface area is 169 Å². The Hall–Kier alpha value is -2.17. The van der Waals surface area contributed by atoms with Gasteiger partial charge < -0.3 is 18.8 Å². The molecule has 6 nitrogen and oxygen atoms in total. The van der Waals surface area contributed by atoms with Gasteiger partial charge in [0.25, 0.3) is 0 Å². The van der Waals surface area contributed by atoms with Crippen LogP contribution in [0.5, 0.6) is 11.6 Å². The molecule has 3 rings (SSSR count). The molecule has 1 aromatic heterocycles. The lowest BCUT2D eigenvalue weighted by Gasteiger charge is -2.32. The SMILES string of the molecule is C=S(C)(=O)Nc1cnc(Oc2ccc(F)cc2F)c(B2OC(C)(C)C(C)(C)O2)c1. The van der Waals surface area contributed by atoms with E-state index in [1.807, 2.05) is 27.7 Å². The first kappa shape index (κ1) is 21.5. The summed E-state index contributed by atoms with van der Waals surface area (Å²) < 4.78 is 59.8. The van der Waals surface area contributed by atoms with Crippen molar-refractivity contribution >= 4 is 33.8 Å². The van der Waals surface area contributed by atoms with Crippen LogP contribution in [0, 0.1) is 11.6 Å². The summed E-state index contributed by atoms with van der Waals surface area (Å²) in [6, 6.07) is 4.56. The first-order valence-corrected chi connectivity index (χ1v) is 11.0. The van der Waals surface area contributed by atoms with Crippen molar-refractivity contribution in [3.05, 3.63) is 42.1 Å². The minimum absolute atomic E-state index is 0.0197. The molecule has 1 saturated heterocycles. The number of aromatic nitrogens is 1. The van der Waals surface area contributed by atoms with E-state index in [2.05, 4.69) is 15.6 Å². The zero-order chi connectivity index (χ0) is 21.6. The number of rotatable bonds is 5. The largest absolute Gasteiger partial charge is 0.500 e. The van der Waals surface area contributed by atoms with Gasteiger partial charge in [0.05, 0.1) is 23.1 Å². The highest BCUT2D eigenvalue weighted by Gasteiger charge is 2.52. The second kappa shape index (κ2) is 7.26. The Bertz CT molecular complexity index is 1030. The average Bonchev–Trinajstić information content (AvgIpc) is 2.77. The van der Waals surface area contributed by atoms with Crippen LogP contribution in [-0.2, 0) is 19.0 Å². The van der Waals surface area contributed by atoms with E-state index in [1.54, 1.807) is 6.07 Å². The maximum absolute atomic E-state index is 14.1. The summed E-state index contributed by atoms with van der Waals surface area (Å²) in [5, 5.41) is 0. The molecule has 0 spiro atoms. The van der Waals surface area contributed by atoms with Gasteiger partial charge in [0.15, 0.2) is 11.6 Å². The summed E-state index contributed by atoms with van der Waals surface area (Å²) in [5.41, 5.74) is -0.501. The van der Waals surface area contributed by atoms with E-state index in [-0.39, 0.29) is 11.6 Å². The lowest BCUT2D eigenvalue weighted by atomic mass is 9.79. The smallest absolute Gasteiger partial charge is 0.436 e. The topological polar surface area (TPSA) is 69.7 Å². The fourth-order valence-corrected chi connectivity index (χ4v) is 3.27. The molecule has 0 amide bonds. The molecule has 1 unspecified atom stereocenters. The van der Waals surface area contributed by atoms with Crippen molar-refractivity contribution in [2.45, 2.75) is 38.9 Å². The van der Waals surface area contributed by atoms with Gasteiger partial charge in [-0.25, -0.2) is 18.0 Å². The van der Waals surface area contributed by atoms with Crippen molar-refractivity contribution in [1.29, 1.82) is 0 Å². The summed E-state index contributed by atoms with van der Waals surface area (Å²) in [5.74, 6) is 1.79. The van der Waals surface area contributed by atoms with Gasteiger partial charge in [0.2, 0.25) is 5.88 Å². The number of ether oxygens (including phenoxy) is 1. The van der Waals surface area contributed by atoms with Gasteiger partial charge in [-0.05, 0) is 51.8 Å². The van der Waals surface area contributed by atoms with Gasteiger partial charge in [-0.15, -0.1) is 0 Å². The number of nitrogens with zero attached hydrogens (tertiary/aromatic N) is 1. The number of anilines is 1. The van der Waals surface area contributed by atoms with Crippen LogP contribution >= 0.6 is 0 Å². The molecule has 0 radical (unpaired) electrons. The Morgan fingerprint density at radius 3 is 2.34 bits per heavy atom. The van der Waals surface area contributed by atoms with Gasteiger partial charge in [-0.2, -0.15) is 0 Å². The van der Waals surface area contributed by atoms with Crippen molar-refractivity contribution in [3.8, 4) is 11.6 Å². The Morgan fingerprint density at radius 1 is 1.17 bits per heavy atom. The third-order valence-corrected chi connectivity index (χ3v) is 5.49. The summed E-state index contributed by atoms with van der Waals surface area (Å²) in [6.07, 6.45) is 2.82. The molecule has 1 aliphatic heterocycles. The van der Waals surface area contributed by atoms with Crippen molar-refractivity contribution in [3.63, 3.8) is 0 Å². The molecule has 1 atom stereocenters. The number of hydrogen-bond acceptors (Lipinski definition) is 5. The molecule has 2 aromatic rings. The van der Waals surface area contributed by atoms with Gasteiger partial charge >= 0.3 is 7.12 Å². The van der Waals surface area contributed by atoms with E-state index < -0.39 is 39.7 Å². The Balaban J connectivity index is 2.04. The highest BCUT2D eigenvalue weighted by atomic mass is 32.2. The second-order valence-electron chi connectivity index (χ2n) is 7.99. The maximum Gasteiger partial charge on any atom is 0.500 e. The summed E-state index contributed by atoms with van der Waals surface area (Å²) in [6.45, 7) is 7.55. The lowest BCUT2D eigenvalue weighted by Crippen LogP contribution is -2.41. The third kappa shape index (κ3) is 4.71. The molecule has 2 heterocycles. The first-order chi connectivity index (χ1) is 13.3. The van der Waals surface area contributed by atoms with Crippen LogP contribution in [0.3, 0.4) is 0 Å². The maximum atomic E-state index is 14.1. The average molecular weight is 424 g/mol. The minimum atomic E-state index is -2.56. The molecule has 10 heteroatoms. The van der Waals surface area contributed by atoms with E-state index in [9.17, 15) is 13.0 Å². The summed E-state index contributed by atoms with van der Waals surface area (Å²) >= 11 is 0. The Kier molecular flexibility index (Phi) is 5.40. The Morgan fingerprint density at radius 2 is 1.79 bits per heavy atom. The van der Waals surface area contributed by atoms with Crippen molar-refractivity contribution < 1.29 is 27.0 Å². The van der Waals surface area contributed by atoms with Crippen molar-refractivity contribution in [2.24, 2.45) is 0 Å². The quantitative estimate of drug-likeness (QED) is 0.590. The minimum Gasteiger partial charge on any atom is -0.436 e. The number of nitrogens with one attached hydrogen (secondary N) is 1.